The van der Waals surface area contributed by atoms with E-state index in [4.69, 9.17) is 21.1 Å². The van der Waals surface area contributed by atoms with Gasteiger partial charge in [0.25, 0.3) is 0 Å². The molecular formula is C17H21ClIN3O2S. The molecule has 2 heterocycles. The highest BCUT2D eigenvalue weighted by Gasteiger charge is 2.16. The lowest BCUT2D eigenvalue weighted by atomic mass is 10.2. The van der Waals surface area contributed by atoms with Crippen LogP contribution in [0, 0.1) is 6.92 Å². The van der Waals surface area contributed by atoms with Gasteiger partial charge in [-0.3, -0.25) is 4.99 Å². The van der Waals surface area contributed by atoms with Crippen LogP contribution < -0.4 is 20.1 Å². The summed E-state index contributed by atoms with van der Waals surface area (Å²) in [5, 5.41) is 7.16. The Morgan fingerprint density at radius 3 is 2.68 bits per heavy atom. The number of thiophene rings is 1. The number of aliphatic imine (C=N–C) groups is 1. The summed E-state index contributed by atoms with van der Waals surface area (Å²) >= 11 is 8.04. The Kier molecular flexibility index (Phi) is 7.64. The Morgan fingerprint density at radius 2 is 1.96 bits per heavy atom. The van der Waals surface area contributed by atoms with Gasteiger partial charge in [0.1, 0.15) is 13.2 Å². The van der Waals surface area contributed by atoms with Crippen LogP contribution in [0.2, 0.25) is 5.02 Å². The summed E-state index contributed by atoms with van der Waals surface area (Å²) in [6.45, 7) is 4.53. The van der Waals surface area contributed by atoms with Gasteiger partial charge in [-0.05, 0) is 36.8 Å². The van der Waals surface area contributed by atoms with Gasteiger partial charge in [-0.1, -0.05) is 11.6 Å². The maximum atomic E-state index is 6.26. The van der Waals surface area contributed by atoms with Crippen molar-refractivity contribution in [3.8, 4) is 11.5 Å². The first-order valence-corrected chi connectivity index (χ1v) is 8.93. The summed E-state index contributed by atoms with van der Waals surface area (Å²) in [6.07, 6.45) is 0. The minimum Gasteiger partial charge on any atom is -0.486 e. The van der Waals surface area contributed by atoms with Gasteiger partial charge in [0.2, 0.25) is 0 Å². The molecular weight excluding hydrogens is 473 g/mol. The first kappa shape index (κ1) is 20.1. The summed E-state index contributed by atoms with van der Waals surface area (Å²) < 4.78 is 11.1. The van der Waals surface area contributed by atoms with Gasteiger partial charge in [0.05, 0.1) is 11.6 Å². The molecule has 136 valence electrons. The fourth-order valence-corrected chi connectivity index (χ4v) is 3.54. The Morgan fingerprint density at radius 1 is 1.20 bits per heavy atom. The van der Waals surface area contributed by atoms with Crippen molar-refractivity contribution in [1.82, 2.24) is 10.6 Å². The zero-order valence-electron chi connectivity index (χ0n) is 14.1. The van der Waals surface area contributed by atoms with E-state index in [1.165, 1.54) is 9.75 Å². The fourth-order valence-electron chi connectivity index (χ4n) is 2.42. The number of aryl methyl sites for hydroxylation is 1. The van der Waals surface area contributed by atoms with Crippen LogP contribution in [0.25, 0.3) is 0 Å². The highest BCUT2D eigenvalue weighted by Crippen LogP contribution is 2.38. The van der Waals surface area contributed by atoms with E-state index >= 15 is 0 Å². The minimum atomic E-state index is 0. The second kappa shape index (κ2) is 9.49. The molecule has 0 bridgehead atoms. The molecule has 0 amide bonds. The number of fused-ring (bicyclic) bond motifs is 1. The smallest absolute Gasteiger partial charge is 0.191 e. The van der Waals surface area contributed by atoms with Crippen LogP contribution in [0.1, 0.15) is 15.3 Å². The van der Waals surface area contributed by atoms with Crippen LogP contribution in [0.4, 0.5) is 0 Å². The molecule has 8 heteroatoms. The van der Waals surface area contributed by atoms with Crippen molar-refractivity contribution in [2.45, 2.75) is 20.0 Å². The number of halogens is 2. The lowest BCUT2D eigenvalue weighted by molar-refractivity contribution is 0.171. The molecule has 1 aromatic carbocycles. The molecule has 2 N–H and O–H groups in total. The zero-order valence-corrected chi connectivity index (χ0v) is 18.0. The predicted octanol–water partition coefficient (Wildman–Crippen LogP) is 3.96. The van der Waals surface area contributed by atoms with E-state index in [1.807, 2.05) is 12.1 Å². The van der Waals surface area contributed by atoms with E-state index < -0.39 is 0 Å². The van der Waals surface area contributed by atoms with Crippen LogP contribution in [0.15, 0.2) is 29.3 Å². The average Bonchev–Trinajstić information content (AvgIpc) is 3.00. The molecule has 1 aliphatic heterocycles. The molecule has 2 aromatic rings. The summed E-state index contributed by atoms with van der Waals surface area (Å²) in [5.74, 6) is 2.07. The van der Waals surface area contributed by atoms with Gasteiger partial charge in [-0.15, -0.1) is 35.3 Å². The fraction of sp³-hybridized carbons (Fsp3) is 0.353. The van der Waals surface area contributed by atoms with Gasteiger partial charge in [0, 0.05) is 23.3 Å². The number of rotatable bonds is 4. The molecule has 0 atom stereocenters. The molecule has 0 radical (unpaired) electrons. The van der Waals surface area contributed by atoms with Crippen molar-refractivity contribution in [3.05, 3.63) is 44.6 Å². The standard InChI is InChI=1S/C17H20ClN3O2S.HI/c1-11-3-4-13(24-11)10-21-17(19-2)20-9-12-7-14(18)16-15(8-12)22-5-6-23-16;/h3-4,7-8H,5-6,9-10H2,1-2H3,(H2,19,20,21);1H. The highest BCUT2D eigenvalue weighted by molar-refractivity contribution is 14.0. The number of guanidine groups is 1. The molecule has 25 heavy (non-hydrogen) atoms. The number of nitrogens with zero attached hydrogens (tertiary/aromatic N) is 1. The van der Waals surface area contributed by atoms with Crippen molar-refractivity contribution in [2.75, 3.05) is 20.3 Å². The van der Waals surface area contributed by atoms with Crippen LogP contribution in [0.5, 0.6) is 11.5 Å². The molecule has 0 fully saturated rings. The molecule has 0 spiro atoms. The SMILES string of the molecule is CN=C(NCc1cc(Cl)c2c(c1)OCCO2)NCc1ccc(C)s1.I. The Hall–Kier alpha value is -1.19. The number of benzene rings is 1. The third-order valence-corrected chi connectivity index (χ3v) is 4.85. The lowest BCUT2D eigenvalue weighted by Gasteiger charge is -2.20. The largest absolute Gasteiger partial charge is 0.486 e. The van der Waals surface area contributed by atoms with E-state index in [1.54, 1.807) is 18.4 Å². The monoisotopic (exact) mass is 493 g/mol. The molecule has 0 saturated heterocycles. The highest BCUT2D eigenvalue weighted by atomic mass is 127. The zero-order chi connectivity index (χ0) is 16.9. The average molecular weight is 494 g/mol. The first-order chi connectivity index (χ1) is 11.7. The second-order valence-electron chi connectivity index (χ2n) is 5.39. The van der Waals surface area contributed by atoms with E-state index in [9.17, 15) is 0 Å². The minimum absolute atomic E-state index is 0. The van der Waals surface area contributed by atoms with Crippen molar-refractivity contribution < 1.29 is 9.47 Å². The maximum absolute atomic E-state index is 6.26. The van der Waals surface area contributed by atoms with E-state index in [-0.39, 0.29) is 24.0 Å². The molecule has 1 aliphatic rings. The Bertz CT molecular complexity index is 751. The van der Waals surface area contributed by atoms with Crippen LogP contribution >= 0.6 is 46.9 Å². The third kappa shape index (κ3) is 5.39. The van der Waals surface area contributed by atoms with Gasteiger partial charge in [0.15, 0.2) is 17.5 Å². The van der Waals surface area contributed by atoms with Crippen molar-refractivity contribution in [2.24, 2.45) is 4.99 Å². The summed E-state index contributed by atoms with van der Waals surface area (Å²) in [6, 6.07) is 8.08. The van der Waals surface area contributed by atoms with Gasteiger partial charge in [-0.25, -0.2) is 0 Å². The number of nitrogens with one attached hydrogen (secondary N) is 2. The molecule has 0 aliphatic carbocycles. The first-order valence-electron chi connectivity index (χ1n) is 7.73. The van der Waals surface area contributed by atoms with E-state index in [2.05, 4.69) is 34.7 Å². The maximum Gasteiger partial charge on any atom is 0.191 e. The van der Waals surface area contributed by atoms with Gasteiger partial charge < -0.3 is 20.1 Å². The summed E-state index contributed by atoms with van der Waals surface area (Å²) in [7, 11) is 1.76. The third-order valence-electron chi connectivity index (χ3n) is 3.57. The van der Waals surface area contributed by atoms with E-state index in [0.29, 0.717) is 36.3 Å². The number of ether oxygens (including phenoxy) is 2. The molecule has 1 aromatic heterocycles. The van der Waals surface area contributed by atoms with Crippen LogP contribution in [-0.2, 0) is 13.1 Å². The van der Waals surface area contributed by atoms with Gasteiger partial charge in [-0.2, -0.15) is 0 Å². The van der Waals surface area contributed by atoms with Crippen molar-refractivity contribution in [3.63, 3.8) is 0 Å². The Balaban J connectivity index is 0.00000225. The predicted molar refractivity (Wildman–Crippen MR) is 114 cm³/mol. The van der Waals surface area contributed by atoms with Crippen molar-refractivity contribution >= 4 is 52.9 Å². The molecule has 0 saturated carbocycles. The molecule has 3 rings (SSSR count). The summed E-state index contributed by atoms with van der Waals surface area (Å²) in [5.41, 5.74) is 1.01. The van der Waals surface area contributed by atoms with E-state index in [0.717, 1.165) is 18.1 Å². The van der Waals surface area contributed by atoms with Crippen molar-refractivity contribution in [1.29, 1.82) is 0 Å². The summed E-state index contributed by atoms with van der Waals surface area (Å²) in [4.78, 5) is 6.83. The number of hydrogen-bond acceptors (Lipinski definition) is 4. The van der Waals surface area contributed by atoms with Gasteiger partial charge >= 0.3 is 0 Å². The number of hydrogen-bond donors (Lipinski definition) is 2. The Labute approximate surface area is 173 Å². The molecule has 0 unspecified atom stereocenters. The lowest BCUT2D eigenvalue weighted by Crippen LogP contribution is -2.36. The second-order valence-corrected chi connectivity index (χ2v) is 7.17. The van der Waals surface area contributed by atoms with Crippen LogP contribution in [0.3, 0.4) is 0 Å². The molecule has 5 nitrogen and oxygen atoms in total. The topological polar surface area (TPSA) is 54.9 Å². The quantitative estimate of drug-likeness (QED) is 0.385. The van der Waals surface area contributed by atoms with Crippen LogP contribution in [-0.4, -0.2) is 26.2 Å². The normalized spacial score (nSPS) is 13.2.